The van der Waals surface area contributed by atoms with Gasteiger partial charge in [0.15, 0.2) is 0 Å². The van der Waals surface area contributed by atoms with E-state index in [9.17, 15) is 13.2 Å². The molecule has 10 heteroatoms. The number of anilines is 1. The van der Waals surface area contributed by atoms with E-state index in [0.29, 0.717) is 22.5 Å². The lowest BCUT2D eigenvalue weighted by atomic mass is 10.2. The number of imidazole rings is 1. The average molecular weight is 458 g/mol. The van der Waals surface area contributed by atoms with Gasteiger partial charge in [-0.3, -0.25) is 4.79 Å². The van der Waals surface area contributed by atoms with Crippen LogP contribution < -0.4 is 10.6 Å². The van der Waals surface area contributed by atoms with Gasteiger partial charge in [-0.05, 0) is 30.3 Å². The smallest absolute Gasteiger partial charge is 0.239 e. The topological polar surface area (TPSA) is 109 Å². The third-order valence-corrected chi connectivity index (χ3v) is 6.88. The number of benzene rings is 2. The zero-order chi connectivity index (χ0) is 22.0. The van der Waals surface area contributed by atoms with Gasteiger partial charge in [-0.25, -0.2) is 13.4 Å². The number of aromatic amines is 1. The molecule has 0 radical (unpaired) electrons. The molecule has 0 saturated heterocycles. The minimum absolute atomic E-state index is 0.0198. The molecule has 0 fully saturated rings. The van der Waals surface area contributed by atoms with Crippen molar-refractivity contribution < 1.29 is 13.2 Å². The molecular weight excluding hydrogens is 438 g/mol. The van der Waals surface area contributed by atoms with E-state index < -0.39 is 15.7 Å². The van der Waals surface area contributed by atoms with Crippen molar-refractivity contribution in [2.75, 3.05) is 11.9 Å². The first-order valence-electron chi connectivity index (χ1n) is 9.44. The second-order valence-corrected chi connectivity index (χ2v) is 9.26. The summed E-state index contributed by atoms with van der Waals surface area (Å²) in [4.78, 5) is 19.8. The van der Waals surface area contributed by atoms with Gasteiger partial charge in [0.1, 0.15) is 16.5 Å². The Kier molecular flexibility index (Phi) is 5.81. The van der Waals surface area contributed by atoms with E-state index in [1.54, 1.807) is 42.6 Å². The number of aromatic nitrogens is 3. The van der Waals surface area contributed by atoms with Crippen LogP contribution in [-0.4, -0.2) is 35.4 Å². The number of sulfone groups is 1. The molecule has 0 aliphatic heterocycles. The number of H-pyrrole nitrogens is 1. The van der Waals surface area contributed by atoms with Crippen LogP contribution >= 0.6 is 11.6 Å². The molecule has 8 nitrogen and oxygen atoms in total. The Balaban J connectivity index is 1.64. The highest BCUT2D eigenvalue weighted by Gasteiger charge is 2.27. The highest BCUT2D eigenvalue weighted by atomic mass is 35.5. The van der Waals surface area contributed by atoms with Gasteiger partial charge in [0, 0.05) is 35.4 Å². The minimum Gasteiger partial charge on any atom is -0.340 e. The van der Waals surface area contributed by atoms with Gasteiger partial charge in [0.05, 0.1) is 18.0 Å². The van der Waals surface area contributed by atoms with Crippen molar-refractivity contribution in [3.05, 3.63) is 71.8 Å². The molecule has 31 heavy (non-hydrogen) atoms. The van der Waals surface area contributed by atoms with Crippen LogP contribution in [0, 0.1) is 0 Å². The monoisotopic (exact) mass is 457 g/mol. The molecule has 0 aliphatic rings. The summed E-state index contributed by atoms with van der Waals surface area (Å²) < 4.78 is 28.6. The molecule has 2 aromatic heterocycles. The Bertz CT molecular complexity index is 1350. The molecule has 4 aromatic rings. The third-order valence-electron chi connectivity index (χ3n) is 4.79. The Labute approximate surface area is 184 Å². The second kappa shape index (κ2) is 8.54. The molecule has 0 bridgehead atoms. The fourth-order valence-corrected chi connectivity index (χ4v) is 5.01. The highest BCUT2D eigenvalue weighted by Crippen LogP contribution is 2.36. The number of rotatable bonds is 7. The molecule has 2 heterocycles. The normalized spacial score (nSPS) is 11.7. The van der Waals surface area contributed by atoms with Crippen LogP contribution in [0.15, 0.2) is 70.7 Å². The van der Waals surface area contributed by atoms with E-state index in [1.807, 2.05) is 17.8 Å². The number of nitrogens with zero attached hydrogens (tertiary/aromatic N) is 2. The molecule has 0 atom stereocenters. The summed E-state index contributed by atoms with van der Waals surface area (Å²) in [5.41, 5.74) is 0.551. The lowest BCUT2D eigenvalue weighted by molar-refractivity contribution is -0.115. The summed E-state index contributed by atoms with van der Waals surface area (Å²) in [5.74, 6) is 0.488. The first-order valence-corrected chi connectivity index (χ1v) is 11.3. The molecule has 0 unspecified atom stereocenters. The Morgan fingerprint density at radius 2 is 1.97 bits per heavy atom. The lowest BCUT2D eigenvalue weighted by Crippen LogP contribution is -2.29. The van der Waals surface area contributed by atoms with Crippen LogP contribution in [0.1, 0.15) is 5.82 Å². The summed E-state index contributed by atoms with van der Waals surface area (Å²) in [7, 11) is -2.05. The predicted octanol–water partition coefficient (Wildman–Crippen LogP) is 3.12. The quantitative estimate of drug-likeness (QED) is 0.395. The Hall–Kier alpha value is -3.14. The molecule has 0 saturated carbocycles. The maximum absolute atomic E-state index is 13.4. The molecule has 0 spiro atoms. The van der Waals surface area contributed by atoms with E-state index in [0.717, 1.165) is 5.82 Å². The summed E-state index contributed by atoms with van der Waals surface area (Å²) in [5, 5.41) is 6.49. The van der Waals surface area contributed by atoms with E-state index in [2.05, 4.69) is 20.6 Å². The summed E-state index contributed by atoms with van der Waals surface area (Å²) in [6.45, 7) is 0.377. The first-order chi connectivity index (χ1) is 14.9. The van der Waals surface area contributed by atoms with Gasteiger partial charge in [-0.15, -0.1) is 0 Å². The van der Waals surface area contributed by atoms with Crippen molar-refractivity contribution in [2.45, 2.75) is 16.3 Å². The zero-order valence-electron chi connectivity index (χ0n) is 16.6. The Morgan fingerprint density at radius 1 is 1.19 bits per heavy atom. The van der Waals surface area contributed by atoms with Gasteiger partial charge in [-0.2, -0.15) is 0 Å². The van der Waals surface area contributed by atoms with Crippen molar-refractivity contribution in [3.8, 4) is 0 Å². The number of hydrogen-bond donors (Lipinski definition) is 3. The van der Waals surface area contributed by atoms with Crippen LogP contribution in [0.3, 0.4) is 0 Å². The largest absolute Gasteiger partial charge is 0.340 e. The van der Waals surface area contributed by atoms with E-state index >= 15 is 0 Å². The van der Waals surface area contributed by atoms with Crippen molar-refractivity contribution in [3.63, 3.8) is 0 Å². The van der Waals surface area contributed by atoms with Crippen LogP contribution in [0.5, 0.6) is 0 Å². The van der Waals surface area contributed by atoms with Crippen LogP contribution in [0.25, 0.3) is 10.9 Å². The first kappa shape index (κ1) is 21.1. The van der Waals surface area contributed by atoms with E-state index in [1.165, 1.54) is 12.1 Å². The number of aryl methyl sites for hydroxylation is 1. The van der Waals surface area contributed by atoms with Crippen molar-refractivity contribution >= 4 is 44.1 Å². The third kappa shape index (κ3) is 4.34. The number of carbonyl (C=O) groups is 1. The fourth-order valence-electron chi connectivity index (χ4n) is 3.26. The predicted molar refractivity (Wildman–Crippen MR) is 119 cm³/mol. The van der Waals surface area contributed by atoms with Gasteiger partial charge < -0.3 is 20.2 Å². The second-order valence-electron chi connectivity index (χ2n) is 6.94. The minimum atomic E-state index is -3.92. The molecule has 3 N–H and O–H groups in total. The summed E-state index contributed by atoms with van der Waals surface area (Å²) in [6, 6.07) is 13.0. The maximum atomic E-state index is 13.4. The highest BCUT2D eigenvalue weighted by molar-refractivity contribution is 7.92. The van der Waals surface area contributed by atoms with Crippen molar-refractivity contribution in [1.29, 1.82) is 0 Å². The lowest BCUT2D eigenvalue weighted by Gasteiger charge is -2.09. The van der Waals surface area contributed by atoms with Gasteiger partial charge in [0.25, 0.3) is 0 Å². The average Bonchev–Trinajstić information content (AvgIpc) is 3.31. The number of fused-ring (bicyclic) bond motifs is 1. The SMILES string of the molecule is Cn1ccnc1CNCC(=O)Nc1[nH]c2ccc(Cl)cc2c1S(=O)(=O)c1ccccc1. The molecular formula is C21H20ClN5O3S. The van der Waals surface area contributed by atoms with Crippen LogP contribution in [-0.2, 0) is 28.2 Å². The fraction of sp³-hybridized carbons (Fsp3) is 0.143. The summed E-state index contributed by atoms with van der Waals surface area (Å²) >= 11 is 6.12. The number of carbonyl (C=O) groups excluding carboxylic acids is 1. The van der Waals surface area contributed by atoms with Crippen LogP contribution in [0.2, 0.25) is 5.02 Å². The Morgan fingerprint density at radius 3 is 2.68 bits per heavy atom. The zero-order valence-corrected chi connectivity index (χ0v) is 18.2. The van der Waals surface area contributed by atoms with Gasteiger partial charge in [-0.1, -0.05) is 29.8 Å². The molecule has 160 valence electrons. The maximum Gasteiger partial charge on any atom is 0.239 e. The van der Waals surface area contributed by atoms with E-state index in [4.69, 9.17) is 11.6 Å². The van der Waals surface area contributed by atoms with Crippen molar-refractivity contribution in [1.82, 2.24) is 19.9 Å². The number of amides is 1. The number of hydrogen-bond acceptors (Lipinski definition) is 5. The van der Waals surface area contributed by atoms with Crippen LogP contribution in [0.4, 0.5) is 5.82 Å². The summed E-state index contributed by atoms with van der Waals surface area (Å²) in [6.07, 6.45) is 3.49. The van der Waals surface area contributed by atoms with E-state index in [-0.39, 0.29) is 22.2 Å². The van der Waals surface area contributed by atoms with Gasteiger partial charge in [0.2, 0.25) is 15.7 Å². The molecule has 2 aromatic carbocycles. The molecule has 0 aliphatic carbocycles. The molecule has 1 amide bonds. The number of halogens is 1. The molecule has 4 rings (SSSR count). The number of nitrogens with one attached hydrogen (secondary N) is 3. The van der Waals surface area contributed by atoms with Crippen molar-refractivity contribution in [2.24, 2.45) is 7.05 Å². The van der Waals surface area contributed by atoms with Gasteiger partial charge >= 0.3 is 0 Å². The standard InChI is InChI=1S/C21H20ClN5O3S/c1-27-10-9-24-18(27)12-23-13-19(28)26-21-20(16-11-14(22)7-8-17(16)25-21)31(29,30)15-5-3-2-4-6-15/h2-11,23,25H,12-13H2,1H3,(H,26,28).